The van der Waals surface area contributed by atoms with E-state index in [4.69, 9.17) is 11.6 Å². The minimum atomic E-state index is -0.266. The molecule has 5 nitrogen and oxygen atoms in total. The Balaban J connectivity index is 1.75. The molecule has 2 heterocycles. The van der Waals surface area contributed by atoms with Crippen LogP contribution in [0.1, 0.15) is 24.0 Å². The summed E-state index contributed by atoms with van der Waals surface area (Å²) in [7, 11) is 0. The summed E-state index contributed by atoms with van der Waals surface area (Å²) >= 11 is 5.95. The summed E-state index contributed by atoms with van der Waals surface area (Å²) in [5.74, 6) is 0.445. The van der Waals surface area contributed by atoms with Gasteiger partial charge in [0.1, 0.15) is 11.6 Å². The molecule has 1 aromatic carbocycles. The van der Waals surface area contributed by atoms with Gasteiger partial charge >= 0.3 is 0 Å². The zero-order chi connectivity index (χ0) is 16.9. The first-order valence-corrected chi connectivity index (χ1v) is 8.49. The third-order valence-electron chi connectivity index (χ3n) is 4.19. The molecule has 1 aromatic heterocycles. The minimum Gasteiger partial charge on any atom is -0.378 e. The zero-order valence-corrected chi connectivity index (χ0v) is 14.3. The van der Waals surface area contributed by atoms with Crippen molar-refractivity contribution in [2.45, 2.75) is 32.4 Å². The number of hydrogen-bond donors (Lipinski definition) is 3. The van der Waals surface area contributed by atoms with Crippen molar-refractivity contribution >= 4 is 23.1 Å². The molecule has 3 N–H and O–H groups in total. The van der Waals surface area contributed by atoms with Crippen molar-refractivity contribution in [1.82, 2.24) is 15.3 Å². The SMILES string of the molecule is Cc1cccc(F)c1NCc1cnc(Cl)nc1NC1CCNCC1. The largest absolute Gasteiger partial charge is 0.378 e. The van der Waals surface area contributed by atoms with Crippen LogP contribution < -0.4 is 16.0 Å². The van der Waals surface area contributed by atoms with Crippen LogP contribution in [0.5, 0.6) is 0 Å². The van der Waals surface area contributed by atoms with Crippen LogP contribution in [0.25, 0.3) is 0 Å². The second-order valence-electron chi connectivity index (χ2n) is 5.97. The molecule has 0 saturated carbocycles. The van der Waals surface area contributed by atoms with E-state index in [-0.39, 0.29) is 11.1 Å². The van der Waals surface area contributed by atoms with Crippen LogP contribution in [-0.4, -0.2) is 29.1 Å². The molecule has 1 fully saturated rings. The van der Waals surface area contributed by atoms with Crippen molar-refractivity contribution in [2.24, 2.45) is 0 Å². The van der Waals surface area contributed by atoms with Gasteiger partial charge in [0.15, 0.2) is 0 Å². The average molecular weight is 350 g/mol. The van der Waals surface area contributed by atoms with E-state index in [0.717, 1.165) is 37.1 Å². The molecule has 0 spiro atoms. The molecule has 1 saturated heterocycles. The van der Waals surface area contributed by atoms with Crippen LogP contribution in [0.3, 0.4) is 0 Å². The highest BCUT2D eigenvalue weighted by Gasteiger charge is 2.16. The van der Waals surface area contributed by atoms with Gasteiger partial charge in [-0.25, -0.2) is 14.4 Å². The number of nitrogens with zero attached hydrogens (tertiary/aromatic N) is 2. The molecule has 0 bridgehead atoms. The molecule has 0 amide bonds. The van der Waals surface area contributed by atoms with Crippen molar-refractivity contribution in [3.63, 3.8) is 0 Å². The Kier molecular flexibility index (Phi) is 5.48. The Morgan fingerprint density at radius 1 is 1.33 bits per heavy atom. The Morgan fingerprint density at radius 3 is 2.88 bits per heavy atom. The van der Waals surface area contributed by atoms with Crippen molar-refractivity contribution in [3.8, 4) is 0 Å². The normalized spacial score (nSPS) is 15.3. The van der Waals surface area contributed by atoms with Gasteiger partial charge in [0.2, 0.25) is 5.28 Å². The fourth-order valence-electron chi connectivity index (χ4n) is 2.84. The van der Waals surface area contributed by atoms with E-state index in [1.807, 2.05) is 13.0 Å². The summed E-state index contributed by atoms with van der Waals surface area (Å²) in [4.78, 5) is 8.37. The van der Waals surface area contributed by atoms with Crippen molar-refractivity contribution in [3.05, 3.63) is 46.6 Å². The van der Waals surface area contributed by atoms with Gasteiger partial charge < -0.3 is 16.0 Å². The zero-order valence-electron chi connectivity index (χ0n) is 13.6. The third-order valence-corrected chi connectivity index (χ3v) is 4.37. The van der Waals surface area contributed by atoms with Crippen LogP contribution in [-0.2, 0) is 6.54 Å². The molecular weight excluding hydrogens is 329 g/mol. The van der Waals surface area contributed by atoms with Crippen LogP contribution >= 0.6 is 11.6 Å². The summed E-state index contributed by atoms with van der Waals surface area (Å²) in [6, 6.07) is 5.37. The number of hydrogen-bond acceptors (Lipinski definition) is 5. The predicted molar refractivity (Wildman–Crippen MR) is 95.0 cm³/mol. The number of benzene rings is 1. The lowest BCUT2D eigenvalue weighted by Gasteiger charge is -2.25. The van der Waals surface area contributed by atoms with Gasteiger partial charge in [-0.15, -0.1) is 0 Å². The number of nitrogens with one attached hydrogen (secondary N) is 3. The second kappa shape index (κ2) is 7.77. The van der Waals surface area contributed by atoms with Gasteiger partial charge in [-0.2, -0.15) is 0 Å². The third kappa shape index (κ3) is 4.13. The Bertz CT molecular complexity index is 683. The first-order valence-electron chi connectivity index (χ1n) is 8.11. The maximum absolute atomic E-state index is 14.0. The minimum absolute atomic E-state index is 0.206. The van der Waals surface area contributed by atoms with E-state index in [1.165, 1.54) is 6.07 Å². The van der Waals surface area contributed by atoms with Crippen LogP contribution in [0.15, 0.2) is 24.4 Å². The molecule has 3 rings (SSSR count). The lowest BCUT2D eigenvalue weighted by Crippen LogP contribution is -2.35. The maximum atomic E-state index is 14.0. The fraction of sp³-hybridized carbons (Fsp3) is 0.412. The topological polar surface area (TPSA) is 61.9 Å². The number of piperidine rings is 1. The highest BCUT2D eigenvalue weighted by Crippen LogP contribution is 2.22. The molecule has 1 aliphatic heterocycles. The standard InChI is InChI=1S/C17H21ClFN5/c1-11-3-2-4-14(19)15(11)21-9-12-10-22-17(18)24-16(12)23-13-5-7-20-8-6-13/h2-4,10,13,20-21H,5-9H2,1H3,(H,22,23,24). The summed E-state index contributed by atoms with van der Waals surface area (Å²) < 4.78 is 14.0. The van der Waals surface area contributed by atoms with Crippen LogP contribution in [0.2, 0.25) is 5.28 Å². The van der Waals surface area contributed by atoms with E-state index in [2.05, 4.69) is 25.9 Å². The lowest BCUT2D eigenvalue weighted by molar-refractivity contribution is 0.478. The highest BCUT2D eigenvalue weighted by atomic mass is 35.5. The molecule has 0 aliphatic carbocycles. The van der Waals surface area contributed by atoms with Gasteiger partial charge in [-0.1, -0.05) is 12.1 Å². The average Bonchev–Trinajstić information content (AvgIpc) is 2.57. The quantitative estimate of drug-likeness (QED) is 0.722. The predicted octanol–water partition coefficient (Wildman–Crippen LogP) is 3.35. The van der Waals surface area contributed by atoms with E-state index >= 15 is 0 Å². The summed E-state index contributed by atoms with van der Waals surface area (Å²) in [5, 5.41) is 10.1. The molecular formula is C17H21ClFN5. The lowest BCUT2D eigenvalue weighted by atomic mass is 10.1. The van der Waals surface area contributed by atoms with Gasteiger partial charge in [-0.3, -0.25) is 0 Å². The summed E-state index contributed by atoms with van der Waals surface area (Å²) in [5.41, 5.74) is 2.22. The van der Waals surface area contributed by atoms with Crippen LogP contribution in [0.4, 0.5) is 15.9 Å². The molecule has 128 valence electrons. The molecule has 24 heavy (non-hydrogen) atoms. The number of anilines is 2. The number of halogens is 2. The van der Waals surface area contributed by atoms with Crippen molar-refractivity contribution in [1.29, 1.82) is 0 Å². The molecule has 2 aromatic rings. The molecule has 0 atom stereocenters. The maximum Gasteiger partial charge on any atom is 0.224 e. The smallest absolute Gasteiger partial charge is 0.224 e. The summed E-state index contributed by atoms with van der Waals surface area (Å²) in [6.07, 6.45) is 3.74. The molecule has 1 aliphatic rings. The van der Waals surface area contributed by atoms with Crippen molar-refractivity contribution in [2.75, 3.05) is 23.7 Å². The summed E-state index contributed by atoms with van der Waals surface area (Å²) in [6.45, 7) is 4.27. The number of para-hydroxylation sites is 1. The number of aryl methyl sites for hydroxylation is 1. The first kappa shape index (κ1) is 16.9. The van der Waals surface area contributed by atoms with Gasteiger partial charge in [0, 0.05) is 24.3 Å². The fourth-order valence-corrected chi connectivity index (χ4v) is 2.97. The Hall–Kier alpha value is -1.92. The van der Waals surface area contributed by atoms with E-state index < -0.39 is 0 Å². The van der Waals surface area contributed by atoms with E-state index in [0.29, 0.717) is 24.1 Å². The number of rotatable bonds is 5. The monoisotopic (exact) mass is 349 g/mol. The van der Waals surface area contributed by atoms with E-state index in [1.54, 1.807) is 12.3 Å². The van der Waals surface area contributed by atoms with Gasteiger partial charge in [0.05, 0.1) is 5.69 Å². The van der Waals surface area contributed by atoms with Crippen molar-refractivity contribution < 1.29 is 4.39 Å². The second-order valence-corrected chi connectivity index (χ2v) is 6.30. The number of aromatic nitrogens is 2. The Morgan fingerprint density at radius 2 is 2.12 bits per heavy atom. The Labute approximate surface area is 146 Å². The highest BCUT2D eigenvalue weighted by molar-refractivity contribution is 6.28. The molecule has 0 radical (unpaired) electrons. The van der Waals surface area contributed by atoms with Gasteiger partial charge in [-0.05, 0) is 56.1 Å². The van der Waals surface area contributed by atoms with Crippen LogP contribution in [0, 0.1) is 12.7 Å². The molecule has 0 unspecified atom stereocenters. The first-order chi connectivity index (χ1) is 11.6. The van der Waals surface area contributed by atoms with Gasteiger partial charge in [0.25, 0.3) is 0 Å². The van der Waals surface area contributed by atoms with E-state index in [9.17, 15) is 4.39 Å². The molecule has 7 heteroatoms.